The number of ether oxygens (including phenoxy) is 3. The maximum Gasteiger partial charge on any atom is 0.243 e. The second-order valence-electron chi connectivity index (χ2n) is 6.23. The van der Waals surface area contributed by atoms with Crippen LogP contribution < -0.4 is 19.5 Å². The number of hydrogen-bond acceptors (Lipinski definition) is 7. The quantitative estimate of drug-likeness (QED) is 0.742. The fraction of sp³-hybridized carbons (Fsp3) is 0.316. The largest absolute Gasteiger partial charge is 0.493 e. The molecule has 0 saturated carbocycles. The van der Waals surface area contributed by atoms with Crippen LogP contribution in [0.5, 0.6) is 17.2 Å². The third kappa shape index (κ3) is 2.92. The van der Waals surface area contributed by atoms with Crippen LogP contribution >= 0.6 is 0 Å². The number of fused-ring (bicyclic) bond motifs is 1. The van der Waals surface area contributed by atoms with Crippen LogP contribution in [0, 0.1) is 0 Å². The molecule has 0 aliphatic carbocycles. The summed E-state index contributed by atoms with van der Waals surface area (Å²) in [7, 11) is 4.84. The molecule has 1 N–H and O–H groups in total. The van der Waals surface area contributed by atoms with E-state index in [1.54, 1.807) is 21.3 Å². The van der Waals surface area contributed by atoms with E-state index in [1.807, 2.05) is 35.0 Å². The van der Waals surface area contributed by atoms with Crippen LogP contribution in [0.3, 0.4) is 0 Å². The van der Waals surface area contributed by atoms with Crippen molar-refractivity contribution >= 4 is 5.95 Å². The first kappa shape index (κ1) is 17.1. The van der Waals surface area contributed by atoms with E-state index in [0.29, 0.717) is 23.2 Å². The molecule has 0 spiro atoms. The number of nitrogens with one attached hydrogen (secondary N) is 1. The highest BCUT2D eigenvalue weighted by Gasteiger charge is 2.33. The highest BCUT2D eigenvalue weighted by Crippen LogP contribution is 2.46. The van der Waals surface area contributed by atoms with Gasteiger partial charge in [-0.25, -0.2) is 4.68 Å². The molecule has 0 unspecified atom stereocenters. The minimum absolute atomic E-state index is 0.0141. The molecule has 2 heterocycles. The van der Waals surface area contributed by atoms with Crippen molar-refractivity contribution in [3.63, 3.8) is 0 Å². The van der Waals surface area contributed by atoms with E-state index in [4.69, 9.17) is 14.2 Å². The maximum absolute atomic E-state index is 5.67. The highest BCUT2D eigenvalue weighted by atomic mass is 16.5. The minimum atomic E-state index is -0.0523. The molecule has 27 heavy (non-hydrogen) atoms. The zero-order valence-corrected chi connectivity index (χ0v) is 15.4. The summed E-state index contributed by atoms with van der Waals surface area (Å²) in [6.07, 6.45) is 0.758. The Balaban J connectivity index is 1.78. The Labute approximate surface area is 157 Å². The number of benzene rings is 2. The zero-order valence-electron chi connectivity index (χ0n) is 15.4. The maximum atomic E-state index is 5.67. The van der Waals surface area contributed by atoms with Crippen molar-refractivity contribution in [2.45, 2.75) is 18.5 Å². The van der Waals surface area contributed by atoms with E-state index in [-0.39, 0.29) is 12.1 Å². The first-order valence-corrected chi connectivity index (χ1v) is 8.65. The second-order valence-corrected chi connectivity index (χ2v) is 6.23. The van der Waals surface area contributed by atoms with Crippen molar-refractivity contribution in [2.24, 2.45) is 0 Å². The van der Waals surface area contributed by atoms with E-state index < -0.39 is 0 Å². The summed E-state index contributed by atoms with van der Waals surface area (Å²) in [5.41, 5.74) is 2.11. The third-order valence-corrected chi connectivity index (χ3v) is 4.84. The summed E-state index contributed by atoms with van der Waals surface area (Å²) >= 11 is 0. The Bertz CT molecular complexity index is 928. The summed E-state index contributed by atoms with van der Waals surface area (Å²) < 4.78 is 18.4. The topological polar surface area (TPSA) is 83.3 Å². The minimum Gasteiger partial charge on any atom is -0.493 e. The van der Waals surface area contributed by atoms with Gasteiger partial charge >= 0.3 is 0 Å². The van der Waals surface area contributed by atoms with Crippen LogP contribution in [0.2, 0.25) is 0 Å². The van der Waals surface area contributed by atoms with Crippen LogP contribution in [-0.4, -0.2) is 41.5 Å². The van der Waals surface area contributed by atoms with E-state index >= 15 is 0 Å². The van der Waals surface area contributed by atoms with Crippen molar-refractivity contribution < 1.29 is 14.2 Å². The van der Waals surface area contributed by atoms with Crippen molar-refractivity contribution in [1.29, 1.82) is 0 Å². The molecule has 8 heteroatoms. The lowest BCUT2D eigenvalue weighted by Crippen LogP contribution is -2.28. The van der Waals surface area contributed by atoms with Crippen molar-refractivity contribution in [2.75, 3.05) is 26.6 Å². The number of nitrogens with zero attached hydrogens (tertiary/aromatic N) is 4. The highest BCUT2D eigenvalue weighted by molar-refractivity contribution is 5.58. The van der Waals surface area contributed by atoms with Gasteiger partial charge < -0.3 is 19.5 Å². The van der Waals surface area contributed by atoms with Gasteiger partial charge in [0, 0.05) is 5.56 Å². The SMILES string of the molecule is COc1ccc([C@H]2C[C@H](c3ccccc3)n3nnnc3N2)c(OC)c1OC. The summed E-state index contributed by atoms with van der Waals surface area (Å²) in [5.74, 6) is 2.46. The van der Waals surface area contributed by atoms with Crippen LogP contribution in [0.4, 0.5) is 5.95 Å². The molecule has 1 aliphatic heterocycles. The fourth-order valence-corrected chi connectivity index (χ4v) is 3.59. The monoisotopic (exact) mass is 367 g/mol. The molecular weight excluding hydrogens is 346 g/mol. The van der Waals surface area contributed by atoms with Gasteiger partial charge in [0.25, 0.3) is 0 Å². The normalized spacial score (nSPS) is 18.3. The van der Waals surface area contributed by atoms with Gasteiger partial charge in [-0.05, 0) is 34.5 Å². The summed E-state index contributed by atoms with van der Waals surface area (Å²) in [6, 6.07) is 14.0. The van der Waals surface area contributed by atoms with Gasteiger partial charge in [0.1, 0.15) is 0 Å². The van der Waals surface area contributed by atoms with Gasteiger partial charge in [-0.15, -0.1) is 0 Å². The van der Waals surface area contributed by atoms with Gasteiger partial charge in [0.2, 0.25) is 11.7 Å². The van der Waals surface area contributed by atoms with Crippen LogP contribution in [-0.2, 0) is 0 Å². The van der Waals surface area contributed by atoms with E-state index in [0.717, 1.165) is 17.5 Å². The smallest absolute Gasteiger partial charge is 0.243 e. The van der Waals surface area contributed by atoms with Crippen LogP contribution in [0.1, 0.15) is 29.6 Å². The molecule has 1 aromatic heterocycles. The van der Waals surface area contributed by atoms with Crippen molar-refractivity contribution in [3.8, 4) is 17.2 Å². The molecule has 3 aromatic rings. The number of aromatic nitrogens is 4. The molecule has 0 saturated heterocycles. The Morgan fingerprint density at radius 1 is 0.963 bits per heavy atom. The van der Waals surface area contributed by atoms with Gasteiger partial charge in [0.05, 0.1) is 33.4 Å². The molecule has 0 amide bonds. The fourth-order valence-electron chi connectivity index (χ4n) is 3.59. The van der Waals surface area contributed by atoms with Crippen LogP contribution in [0.25, 0.3) is 0 Å². The van der Waals surface area contributed by atoms with Crippen molar-refractivity contribution in [1.82, 2.24) is 20.2 Å². The Kier molecular flexibility index (Phi) is 4.53. The first-order chi connectivity index (χ1) is 13.3. The van der Waals surface area contributed by atoms with E-state index in [1.165, 1.54) is 0 Å². The standard InChI is InChI=1S/C19H21N5O3/c1-25-16-10-9-13(17(26-2)18(16)27-3)14-11-15(12-7-5-4-6-8-12)24-19(20-14)21-22-23-24/h4-10,14-15H,11H2,1-3H3,(H,20,21,23)/t14-,15-/m1/s1. The van der Waals surface area contributed by atoms with Crippen LogP contribution in [0.15, 0.2) is 42.5 Å². The predicted molar refractivity (Wildman–Crippen MR) is 99.5 cm³/mol. The summed E-state index contributed by atoms with van der Waals surface area (Å²) in [5, 5.41) is 15.5. The lowest BCUT2D eigenvalue weighted by Gasteiger charge is -2.32. The van der Waals surface area contributed by atoms with Gasteiger partial charge in [-0.1, -0.05) is 35.4 Å². The number of hydrogen-bond donors (Lipinski definition) is 1. The van der Waals surface area contributed by atoms with E-state index in [9.17, 15) is 0 Å². The van der Waals surface area contributed by atoms with E-state index in [2.05, 4.69) is 33.0 Å². The first-order valence-electron chi connectivity index (χ1n) is 8.65. The molecular formula is C19H21N5O3. The molecule has 140 valence electrons. The Morgan fingerprint density at radius 3 is 2.44 bits per heavy atom. The molecule has 4 rings (SSSR count). The number of rotatable bonds is 5. The number of methoxy groups -OCH3 is 3. The van der Waals surface area contributed by atoms with Crippen molar-refractivity contribution in [3.05, 3.63) is 53.6 Å². The Hall–Kier alpha value is -3.29. The molecule has 0 fully saturated rings. The zero-order chi connectivity index (χ0) is 18.8. The Morgan fingerprint density at radius 2 is 1.74 bits per heavy atom. The molecule has 0 radical (unpaired) electrons. The average molecular weight is 367 g/mol. The second kappa shape index (κ2) is 7.14. The number of anilines is 1. The van der Waals surface area contributed by atoms with Gasteiger partial charge in [0.15, 0.2) is 11.5 Å². The lowest BCUT2D eigenvalue weighted by atomic mass is 9.92. The molecule has 2 atom stereocenters. The molecule has 2 aromatic carbocycles. The third-order valence-electron chi connectivity index (χ3n) is 4.84. The van der Waals surface area contributed by atoms with Gasteiger partial charge in [-0.3, -0.25) is 0 Å². The average Bonchev–Trinajstić information content (AvgIpc) is 3.21. The molecule has 1 aliphatic rings. The predicted octanol–water partition coefficient (Wildman–Crippen LogP) is 2.85. The number of tetrazole rings is 1. The van der Waals surface area contributed by atoms with Gasteiger partial charge in [-0.2, -0.15) is 0 Å². The summed E-state index contributed by atoms with van der Waals surface area (Å²) in [6.45, 7) is 0. The summed E-state index contributed by atoms with van der Waals surface area (Å²) in [4.78, 5) is 0. The molecule has 0 bridgehead atoms. The lowest BCUT2D eigenvalue weighted by molar-refractivity contribution is 0.319. The molecule has 8 nitrogen and oxygen atoms in total.